The molecule has 0 bridgehead atoms. The van der Waals surface area contributed by atoms with Crippen LogP contribution < -0.4 is 5.32 Å². The van der Waals surface area contributed by atoms with Gasteiger partial charge in [0.25, 0.3) is 0 Å². The molecule has 30 heavy (non-hydrogen) atoms. The summed E-state index contributed by atoms with van der Waals surface area (Å²) in [6, 6.07) is 2.79. The number of rotatable bonds is 7. The Balaban J connectivity index is 1.31. The average Bonchev–Trinajstić information content (AvgIpc) is 3.32. The van der Waals surface area contributed by atoms with E-state index in [1.165, 1.54) is 61.2 Å². The second-order valence-corrected chi connectivity index (χ2v) is 9.31. The van der Waals surface area contributed by atoms with E-state index in [-0.39, 0.29) is 0 Å². The summed E-state index contributed by atoms with van der Waals surface area (Å²) >= 11 is 0. The number of hydrogen-bond acceptors (Lipinski definition) is 5. The van der Waals surface area contributed by atoms with Crippen LogP contribution in [0.2, 0.25) is 0 Å². The first kappa shape index (κ1) is 21.3. The van der Waals surface area contributed by atoms with Crippen molar-refractivity contribution in [2.24, 2.45) is 5.92 Å². The molecule has 0 aromatic carbocycles. The van der Waals surface area contributed by atoms with Gasteiger partial charge in [0, 0.05) is 42.1 Å². The Morgan fingerprint density at radius 2 is 1.77 bits per heavy atom. The molecule has 2 aromatic rings. The first-order valence-electron chi connectivity index (χ1n) is 11.9. The highest BCUT2D eigenvalue weighted by atomic mass is 15.3. The SMILES string of the molecule is CCn1nc(C)c(CN2CCC(Cc3cc(NC4CCCC4)nc(C)n3)CC2)c1C. The molecule has 6 heteroatoms. The van der Waals surface area contributed by atoms with E-state index >= 15 is 0 Å². The van der Waals surface area contributed by atoms with Gasteiger partial charge in [0.15, 0.2) is 0 Å². The van der Waals surface area contributed by atoms with Crippen LogP contribution in [-0.2, 0) is 19.5 Å². The summed E-state index contributed by atoms with van der Waals surface area (Å²) in [4.78, 5) is 12.0. The predicted octanol–water partition coefficient (Wildman–Crippen LogP) is 4.43. The van der Waals surface area contributed by atoms with E-state index in [4.69, 9.17) is 4.98 Å². The minimum atomic E-state index is 0.597. The summed E-state index contributed by atoms with van der Waals surface area (Å²) in [6.07, 6.45) is 8.78. The minimum Gasteiger partial charge on any atom is -0.367 e. The van der Waals surface area contributed by atoms with Gasteiger partial charge in [-0.25, -0.2) is 9.97 Å². The maximum atomic E-state index is 4.75. The van der Waals surface area contributed by atoms with Crippen LogP contribution in [0.5, 0.6) is 0 Å². The van der Waals surface area contributed by atoms with Crippen molar-refractivity contribution in [2.75, 3.05) is 18.4 Å². The fraction of sp³-hybridized carbons (Fsp3) is 0.708. The second kappa shape index (κ2) is 9.46. The third-order valence-electron chi connectivity index (χ3n) is 7.02. The van der Waals surface area contributed by atoms with Crippen molar-refractivity contribution in [3.05, 3.63) is 34.5 Å². The molecule has 0 atom stereocenters. The van der Waals surface area contributed by atoms with Gasteiger partial charge in [-0.15, -0.1) is 0 Å². The van der Waals surface area contributed by atoms with Gasteiger partial charge in [-0.2, -0.15) is 5.10 Å². The number of likely N-dealkylation sites (tertiary alicyclic amines) is 1. The van der Waals surface area contributed by atoms with Crippen molar-refractivity contribution < 1.29 is 0 Å². The molecule has 0 radical (unpaired) electrons. The molecule has 1 N–H and O–H groups in total. The Morgan fingerprint density at radius 1 is 1.03 bits per heavy atom. The summed E-state index contributed by atoms with van der Waals surface area (Å²) in [5.74, 6) is 2.64. The van der Waals surface area contributed by atoms with Crippen LogP contribution in [0.15, 0.2) is 6.07 Å². The van der Waals surface area contributed by atoms with Gasteiger partial charge < -0.3 is 5.32 Å². The fourth-order valence-corrected chi connectivity index (χ4v) is 5.23. The standard InChI is InChI=1S/C24H38N6/c1-5-30-18(3)23(17(2)28-30)16-29-12-10-20(11-13-29)14-22-15-24(26-19(4)25-22)27-21-8-6-7-9-21/h15,20-21H,5-14,16H2,1-4H3,(H,25,26,27). The maximum Gasteiger partial charge on any atom is 0.130 e. The fourth-order valence-electron chi connectivity index (χ4n) is 5.23. The Bertz CT molecular complexity index is 844. The van der Waals surface area contributed by atoms with Gasteiger partial charge in [-0.3, -0.25) is 9.58 Å². The summed E-state index contributed by atoms with van der Waals surface area (Å²) < 4.78 is 2.13. The molecular formula is C24H38N6. The monoisotopic (exact) mass is 410 g/mol. The van der Waals surface area contributed by atoms with Crippen molar-refractivity contribution in [1.29, 1.82) is 0 Å². The Hall–Kier alpha value is -1.95. The van der Waals surface area contributed by atoms with Gasteiger partial charge in [0.2, 0.25) is 0 Å². The predicted molar refractivity (Wildman–Crippen MR) is 122 cm³/mol. The van der Waals surface area contributed by atoms with E-state index in [0.717, 1.165) is 50.2 Å². The number of anilines is 1. The highest BCUT2D eigenvalue weighted by Crippen LogP contribution is 2.26. The first-order valence-corrected chi connectivity index (χ1v) is 11.9. The molecule has 164 valence electrons. The Morgan fingerprint density at radius 3 is 2.43 bits per heavy atom. The van der Waals surface area contributed by atoms with E-state index in [9.17, 15) is 0 Å². The molecule has 2 aliphatic rings. The molecule has 1 aliphatic heterocycles. The van der Waals surface area contributed by atoms with Gasteiger partial charge in [0.05, 0.1) is 5.69 Å². The quantitative estimate of drug-likeness (QED) is 0.732. The van der Waals surface area contributed by atoms with Crippen molar-refractivity contribution in [1.82, 2.24) is 24.6 Å². The average molecular weight is 411 g/mol. The highest BCUT2D eigenvalue weighted by Gasteiger charge is 2.23. The number of aromatic nitrogens is 4. The van der Waals surface area contributed by atoms with E-state index in [0.29, 0.717) is 6.04 Å². The van der Waals surface area contributed by atoms with E-state index in [1.54, 1.807) is 0 Å². The van der Waals surface area contributed by atoms with Crippen molar-refractivity contribution in [2.45, 2.75) is 91.8 Å². The minimum absolute atomic E-state index is 0.597. The lowest BCUT2D eigenvalue weighted by Crippen LogP contribution is -2.34. The van der Waals surface area contributed by atoms with Crippen LogP contribution in [0.3, 0.4) is 0 Å². The summed E-state index contributed by atoms with van der Waals surface area (Å²) in [6.45, 7) is 12.9. The molecule has 0 spiro atoms. The number of nitrogens with zero attached hydrogens (tertiary/aromatic N) is 5. The molecule has 0 unspecified atom stereocenters. The van der Waals surface area contributed by atoms with Crippen molar-refractivity contribution in [3.8, 4) is 0 Å². The molecule has 1 saturated heterocycles. The van der Waals surface area contributed by atoms with Crippen LogP contribution in [-0.4, -0.2) is 43.8 Å². The zero-order chi connectivity index (χ0) is 21.1. The largest absolute Gasteiger partial charge is 0.367 e. The summed E-state index contributed by atoms with van der Waals surface area (Å²) in [7, 11) is 0. The second-order valence-electron chi connectivity index (χ2n) is 9.31. The van der Waals surface area contributed by atoms with E-state index < -0.39 is 0 Å². The van der Waals surface area contributed by atoms with Crippen molar-refractivity contribution >= 4 is 5.82 Å². The Kier molecular flexibility index (Phi) is 6.71. The molecule has 2 fully saturated rings. The zero-order valence-corrected chi connectivity index (χ0v) is 19.2. The van der Waals surface area contributed by atoms with E-state index in [1.807, 2.05) is 6.92 Å². The number of hydrogen-bond donors (Lipinski definition) is 1. The topological polar surface area (TPSA) is 58.9 Å². The number of aryl methyl sites for hydroxylation is 3. The van der Waals surface area contributed by atoms with Crippen LogP contribution in [0.25, 0.3) is 0 Å². The molecule has 1 aliphatic carbocycles. The lowest BCUT2D eigenvalue weighted by molar-refractivity contribution is 0.176. The summed E-state index contributed by atoms with van der Waals surface area (Å²) in [5, 5.41) is 8.33. The molecule has 6 nitrogen and oxygen atoms in total. The smallest absolute Gasteiger partial charge is 0.130 e. The van der Waals surface area contributed by atoms with Crippen LogP contribution in [0.4, 0.5) is 5.82 Å². The van der Waals surface area contributed by atoms with Crippen LogP contribution >= 0.6 is 0 Å². The highest BCUT2D eigenvalue weighted by molar-refractivity contribution is 5.37. The lowest BCUT2D eigenvalue weighted by Gasteiger charge is -2.32. The van der Waals surface area contributed by atoms with Crippen LogP contribution in [0.1, 0.15) is 73.9 Å². The first-order chi connectivity index (χ1) is 14.5. The number of nitrogens with one attached hydrogen (secondary N) is 1. The van der Waals surface area contributed by atoms with Gasteiger partial charge >= 0.3 is 0 Å². The van der Waals surface area contributed by atoms with E-state index in [2.05, 4.69) is 51.8 Å². The molecule has 1 saturated carbocycles. The van der Waals surface area contributed by atoms with Gasteiger partial charge in [-0.1, -0.05) is 12.8 Å². The zero-order valence-electron chi connectivity index (χ0n) is 19.2. The lowest BCUT2D eigenvalue weighted by atomic mass is 9.91. The number of piperidine rings is 1. The summed E-state index contributed by atoms with van der Waals surface area (Å²) in [5.41, 5.74) is 5.15. The Labute approximate surface area is 181 Å². The molecule has 3 heterocycles. The molecular weight excluding hydrogens is 372 g/mol. The molecule has 2 aromatic heterocycles. The van der Waals surface area contributed by atoms with Crippen molar-refractivity contribution in [3.63, 3.8) is 0 Å². The van der Waals surface area contributed by atoms with Gasteiger partial charge in [0.1, 0.15) is 11.6 Å². The molecule has 0 amide bonds. The van der Waals surface area contributed by atoms with Gasteiger partial charge in [-0.05, 0) is 78.8 Å². The third-order valence-corrected chi connectivity index (χ3v) is 7.02. The third kappa shape index (κ3) is 5.02. The molecule has 4 rings (SSSR count). The maximum absolute atomic E-state index is 4.75. The van der Waals surface area contributed by atoms with Crippen LogP contribution in [0, 0.1) is 26.7 Å². The normalized spacial score (nSPS) is 18.9.